The Balaban J connectivity index is 1.95. The fraction of sp³-hybridized carbons (Fsp3) is 0.316. The van der Waals surface area contributed by atoms with Gasteiger partial charge in [0.25, 0.3) is 10.0 Å². The number of carbonyl (C=O) groups is 1. The highest BCUT2D eigenvalue weighted by Gasteiger charge is 2.22. The topological polar surface area (TPSA) is 75.3 Å². The van der Waals surface area contributed by atoms with Crippen LogP contribution in [0.3, 0.4) is 0 Å². The zero-order valence-corrected chi connectivity index (χ0v) is 17.4. The minimum Gasteiger partial charge on any atom is -0.278 e. The maximum Gasteiger partial charge on any atom is 0.257 e. The Hall–Kier alpha value is -1.90. The van der Waals surface area contributed by atoms with E-state index in [-0.39, 0.29) is 17.1 Å². The molecule has 0 bridgehead atoms. The fourth-order valence-electron chi connectivity index (χ4n) is 2.61. The molecule has 0 spiro atoms. The molecule has 146 valence electrons. The number of nitrogens with one attached hydrogen (secondary N) is 2. The molecule has 0 unspecified atom stereocenters. The second-order valence-electron chi connectivity index (χ2n) is 6.30. The van der Waals surface area contributed by atoms with Crippen LogP contribution in [0.1, 0.15) is 28.7 Å². The van der Waals surface area contributed by atoms with Crippen LogP contribution in [0.2, 0.25) is 0 Å². The van der Waals surface area contributed by atoms with Crippen LogP contribution in [0.4, 0.5) is 4.39 Å². The number of thioether (sulfide) groups is 1. The van der Waals surface area contributed by atoms with Gasteiger partial charge in [0.15, 0.2) is 0 Å². The monoisotopic (exact) mass is 410 g/mol. The second-order valence-corrected chi connectivity index (χ2v) is 9.08. The van der Waals surface area contributed by atoms with Crippen molar-refractivity contribution in [2.75, 3.05) is 5.75 Å². The van der Waals surface area contributed by atoms with Crippen LogP contribution < -0.4 is 10.3 Å². The Labute approximate surface area is 163 Å². The van der Waals surface area contributed by atoms with Gasteiger partial charge in [-0.25, -0.2) is 12.8 Å². The minimum atomic E-state index is -3.87. The second kappa shape index (κ2) is 8.86. The average Bonchev–Trinajstić information content (AvgIpc) is 2.60. The molecule has 2 aromatic carbocycles. The summed E-state index contributed by atoms with van der Waals surface area (Å²) < 4.78 is 38.1. The first-order valence-corrected chi connectivity index (χ1v) is 10.8. The number of hydrogen-bond donors (Lipinski definition) is 2. The van der Waals surface area contributed by atoms with Crippen molar-refractivity contribution in [3.05, 3.63) is 58.4 Å². The quantitative estimate of drug-likeness (QED) is 0.541. The molecular formula is C19H23FN2O3S2. The summed E-state index contributed by atoms with van der Waals surface area (Å²) in [6.07, 6.45) is 0.120. The maximum atomic E-state index is 12.9. The summed E-state index contributed by atoms with van der Waals surface area (Å²) >= 11 is 1.39. The van der Waals surface area contributed by atoms with Gasteiger partial charge in [0.1, 0.15) is 5.82 Å². The summed E-state index contributed by atoms with van der Waals surface area (Å²) in [5, 5.41) is 0. The zero-order chi connectivity index (χ0) is 20.2. The summed E-state index contributed by atoms with van der Waals surface area (Å²) in [7, 11) is -3.87. The molecule has 5 nitrogen and oxygen atoms in total. The van der Waals surface area contributed by atoms with Crippen molar-refractivity contribution < 1.29 is 17.6 Å². The van der Waals surface area contributed by atoms with Crippen molar-refractivity contribution in [3.63, 3.8) is 0 Å². The van der Waals surface area contributed by atoms with E-state index in [1.807, 2.05) is 19.9 Å². The highest BCUT2D eigenvalue weighted by atomic mass is 32.2. The van der Waals surface area contributed by atoms with E-state index in [0.29, 0.717) is 16.9 Å². The molecule has 8 heteroatoms. The third kappa shape index (κ3) is 5.54. The van der Waals surface area contributed by atoms with Crippen LogP contribution in [0.25, 0.3) is 0 Å². The molecule has 1 amide bonds. The molecule has 0 aliphatic carbocycles. The third-order valence-electron chi connectivity index (χ3n) is 4.30. The number of halogens is 1. The highest BCUT2D eigenvalue weighted by Crippen LogP contribution is 2.25. The van der Waals surface area contributed by atoms with Crippen molar-refractivity contribution in [2.45, 2.75) is 43.9 Å². The Bertz CT molecular complexity index is 916. The first-order chi connectivity index (χ1) is 12.6. The van der Waals surface area contributed by atoms with Gasteiger partial charge in [-0.15, -0.1) is 16.6 Å². The summed E-state index contributed by atoms with van der Waals surface area (Å²) in [5.41, 5.74) is 5.33. The van der Waals surface area contributed by atoms with Crippen LogP contribution in [0.15, 0.2) is 40.1 Å². The number of hydrogen-bond acceptors (Lipinski definition) is 4. The molecule has 0 fully saturated rings. The normalized spacial score (nSPS) is 11.4. The van der Waals surface area contributed by atoms with Gasteiger partial charge in [-0.05, 0) is 74.2 Å². The van der Waals surface area contributed by atoms with E-state index in [2.05, 4.69) is 10.3 Å². The highest BCUT2D eigenvalue weighted by molar-refractivity contribution is 7.99. The van der Waals surface area contributed by atoms with Crippen LogP contribution in [-0.2, 0) is 14.8 Å². The Morgan fingerprint density at radius 3 is 2.15 bits per heavy atom. The summed E-state index contributed by atoms with van der Waals surface area (Å²) in [5.74, 6) is -0.308. The van der Waals surface area contributed by atoms with Gasteiger partial charge >= 0.3 is 0 Å². The van der Waals surface area contributed by atoms with Gasteiger partial charge in [0.05, 0.1) is 4.90 Å². The lowest BCUT2D eigenvalue weighted by molar-refractivity contribution is -0.121. The number of hydrazine groups is 1. The number of aryl methyl sites for hydroxylation is 2. The molecule has 0 atom stereocenters. The van der Waals surface area contributed by atoms with Crippen molar-refractivity contribution in [3.8, 4) is 0 Å². The summed E-state index contributed by atoms with van der Waals surface area (Å²) in [4.78, 5) is 15.2. The molecule has 27 heavy (non-hydrogen) atoms. The molecule has 2 rings (SSSR count). The van der Waals surface area contributed by atoms with E-state index in [4.69, 9.17) is 0 Å². The van der Waals surface area contributed by atoms with Gasteiger partial charge in [0.2, 0.25) is 5.91 Å². The maximum absolute atomic E-state index is 12.9. The van der Waals surface area contributed by atoms with Crippen LogP contribution in [0, 0.1) is 33.5 Å². The smallest absolute Gasteiger partial charge is 0.257 e. The molecule has 0 saturated heterocycles. The van der Waals surface area contributed by atoms with E-state index in [0.717, 1.165) is 16.0 Å². The molecule has 2 N–H and O–H groups in total. The predicted molar refractivity (Wildman–Crippen MR) is 106 cm³/mol. The summed E-state index contributed by atoms with van der Waals surface area (Å²) in [6, 6.07) is 7.91. The average molecular weight is 411 g/mol. The van der Waals surface area contributed by atoms with Crippen LogP contribution in [-0.4, -0.2) is 20.1 Å². The molecule has 2 aromatic rings. The lowest BCUT2D eigenvalue weighted by Crippen LogP contribution is -2.42. The van der Waals surface area contributed by atoms with Crippen molar-refractivity contribution >= 4 is 27.7 Å². The van der Waals surface area contributed by atoms with Gasteiger partial charge in [-0.2, -0.15) is 0 Å². The minimum absolute atomic E-state index is 0.120. The number of sulfonamides is 1. The third-order valence-corrected chi connectivity index (χ3v) is 6.84. The molecular weight excluding hydrogens is 387 g/mol. The van der Waals surface area contributed by atoms with Crippen molar-refractivity contribution in [1.29, 1.82) is 0 Å². The van der Waals surface area contributed by atoms with Gasteiger partial charge in [0, 0.05) is 17.1 Å². The molecule has 0 saturated carbocycles. The van der Waals surface area contributed by atoms with Gasteiger partial charge in [-0.3, -0.25) is 10.2 Å². The molecule has 0 radical (unpaired) electrons. The predicted octanol–water partition coefficient (Wildman–Crippen LogP) is 3.55. The largest absolute Gasteiger partial charge is 0.278 e. The standard InChI is InChI=1S/C19H23FN2O3S2/c1-12-11-13(2)15(4)19(14(12)3)27(24,25)22-21-18(23)9-10-26-17-7-5-16(20)6-8-17/h5-8,11,22H,9-10H2,1-4H3,(H,21,23). The van der Waals surface area contributed by atoms with Gasteiger partial charge < -0.3 is 0 Å². The molecule has 0 aliphatic heterocycles. The fourth-order valence-corrected chi connectivity index (χ4v) is 4.94. The van der Waals surface area contributed by atoms with E-state index in [9.17, 15) is 17.6 Å². The van der Waals surface area contributed by atoms with E-state index >= 15 is 0 Å². The first-order valence-electron chi connectivity index (χ1n) is 8.38. The Morgan fingerprint density at radius 1 is 1.04 bits per heavy atom. The zero-order valence-electron chi connectivity index (χ0n) is 15.7. The number of amides is 1. The SMILES string of the molecule is Cc1cc(C)c(C)c(S(=O)(=O)NNC(=O)CCSc2ccc(F)cc2)c1C. The van der Waals surface area contributed by atoms with Gasteiger partial charge in [-0.1, -0.05) is 6.07 Å². The van der Waals surface area contributed by atoms with E-state index in [1.54, 1.807) is 26.0 Å². The number of carbonyl (C=O) groups excluding carboxylic acids is 1. The molecule has 0 aliphatic rings. The van der Waals surface area contributed by atoms with Crippen molar-refractivity contribution in [2.24, 2.45) is 0 Å². The summed E-state index contributed by atoms with van der Waals surface area (Å²) in [6.45, 7) is 7.20. The first kappa shape index (κ1) is 21.4. The van der Waals surface area contributed by atoms with Crippen LogP contribution in [0.5, 0.6) is 0 Å². The molecule has 0 heterocycles. The molecule has 0 aromatic heterocycles. The van der Waals surface area contributed by atoms with E-state index in [1.165, 1.54) is 23.9 Å². The Kier molecular flexibility index (Phi) is 7.02. The number of benzene rings is 2. The lowest BCUT2D eigenvalue weighted by atomic mass is 10.0. The van der Waals surface area contributed by atoms with Crippen molar-refractivity contribution in [1.82, 2.24) is 10.3 Å². The number of rotatable bonds is 7. The van der Waals surface area contributed by atoms with E-state index < -0.39 is 15.9 Å². The van der Waals surface area contributed by atoms with Crippen LogP contribution >= 0.6 is 11.8 Å². The lowest BCUT2D eigenvalue weighted by Gasteiger charge is -2.16. The Morgan fingerprint density at radius 2 is 1.59 bits per heavy atom.